The Labute approximate surface area is 101 Å². The van der Waals surface area contributed by atoms with E-state index in [1.165, 1.54) is 0 Å². The average Bonchev–Trinajstić information content (AvgIpc) is 2.75. The molecule has 1 amide bonds. The van der Waals surface area contributed by atoms with Crippen LogP contribution in [0.25, 0.3) is 0 Å². The minimum Gasteiger partial charge on any atom is -0.396 e. The molecule has 0 radical (unpaired) electrons. The molecule has 1 aromatic heterocycles. The summed E-state index contributed by atoms with van der Waals surface area (Å²) < 4.78 is 0. The third-order valence-electron chi connectivity index (χ3n) is 3.40. The van der Waals surface area contributed by atoms with Gasteiger partial charge in [-0.05, 0) is 32.1 Å². The first-order valence-corrected chi connectivity index (χ1v) is 6.12. The Morgan fingerprint density at radius 1 is 1.71 bits per heavy atom. The Hall–Kier alpha value is -1.36. The third kappa shape index (κ3) is 2.66. The lowest BCUT2D eigenvalue weighted by atomic mass is 9.95. The number of nitrogens with one attached hydrogen (secondary N) is 1. The van der Waals surface area contributed by atoms with Crippen LogP contribution in [-0.4, -0.2) is 45.8 Å². The van der Waals surface area contributed by atoms with Crippen LogP contribution in [0.3, 0.4) is 0 Å². The number of hydrogen-bond donors (Lipinski definition) is 2. The van der Waals surface area contributed by atoms with Crippen molar-refractivity contribution >= 4 is 5.91 Å². The summed E-state index contributed by atoms with van der Waals surface area (Å²) in [5.41, 5.74) is 1.48. The zero-order chi connectivity index (χ0) is 12.3. The highest BCUT2D eigenvalue weighted by atomic mass is 16.3. The van der Waals surface area contributed by atoms with Crippen molar-refractivity contribution in [3.8, 4) is 0 Å². The summed E-state index contributed by atoms with van der Waals surface area (Å²) in [6.45, 7) is 3.63. The summed E-state index contributed by atoms with van der Waals surface area (Å²) in [5, 5.41) is 15.6. The molecule has 2 rings (SSSR count). The molecule has 1 aromatic rings. The van der Waals surface area contributed by atoms with Crippen molar-refractivity contribution in [2.24, 2.45) is 5.92 Å². The van der Waals surface area contributed by atoms with E-state index in [9.17, 15) is 4.79 Å². The number of nitrogens with zero attached hydrogens (tertiary/aromatic N) is 2. The molecule has 5 heteroatoms. The fourth-order valence-corrected chi connectivity index (χ4v) is 2.40. The van der Waals surface area contributed by atoms with E-state index in [-0.39, 0.29) is 12.5 Å². The molecule has 0 saturated carbocycles. The lowest BCUT2D eigenvalue weighted by Gasteiger charge is -2.32. The predicted octanol–water partition coefficient (Wildman–Crippen LogP) is 0.953. The second-order valence-electron chi connectivity index (χ2n) is 4.68. The van der Waals surface area contributed by atoms with Crippen molar-refractivity contribution in [1.29, 1.82) is 0 Å². The highest BCUT2D eigenvalue weighted by Gasteiger charge is 2.25. The van der Waals surface area contributed by atoms with Gasteiger partial charge in [0.05, 0.1) is 11.8 Å². The normalized spacial score (nSPS) is 20.6. The maximum Gasteiger partial charge on any atom is 0.257 e. The van der Waals surface area contributed by atoms with Gasteiger partial charge in [0.1, 0.15) is 0 Å². The van der Waals surface area contributed by atoms with Crippen LogP contribution in [0.15, 0.2) is 6.20 Å². The maximum atomic E-state index is 12.2. The molecule has 1 unspecified atom stereocenters. The van der Waals surface area contributed by atoms with E-state index >= 15 is 0 Å². The van der Waals surface area contributed by atoms with Crippen LogP contribution in [0.4, 0.5) is 0 Å². The Bertz CT molecular complexity index is 387. The fourth-order valence-electron chi connectivity index (χ4n) is 2.40. The van der Waals surface area contributed by atoms with E-state index in [1.54, 1.807) is 6.20 Å². The van der Waals surface area contributed by atoms with Crippen LogP contribution in [0.1, 0.15) is 35.3 Å². The van der Waals surface area contributed by atoms with Gasteiger partial charge in [-0.1, -0.05) is 0 Å². The van der Waals surface area contributed by atoms with Gasteiger partial charge in [-0.3, -0.25) is 9.89 Å². The Balaban J connectivity index is 2.02. The number of aliphatic hydroxyl groups excluding tert-OH is 1. The van der Waals surface area contributed by atoms with Gasteiger partial charge in [0.25, 0.3) is 5.91 Å². The van der Waals surface area contributed by atoms with E-state index in [2.05, 4.69) is 10.2 Å². The summed E-state index contributed by atoms with van der Waals surface area (Å²) in [4.78, 5) is 14.1. The average molecular weight is 237 g/mol. The van der Waals surface area contributed by atoms with Crippen LogP contribution >= 0.6 is 0 Å². The van der Waals surface area contributed by atoms with Gasteiger partial charge >= 0.3 is 0 Å². The van der Waals surface area contributed by atoms with Gasteiger partial charge in [0.2, 0.25) is 0 Å². The van der Waals surface area contributed by atoms with Gasteiger partial charge < -0.3 is 10.0 Å². The number of aryl methyl sites for hydroxylation is 1. The van der Waals surface area contributed by atoms with Crippen molar-refractivity contribution in [2.75, 3.05) is 19.7 Å². The van der Waals surface area contributed by atoms with Gasteiger partial charge in [-0.15, -0.1) is 0 Å². The summed E-state index contributed by atoms with van der Waals surface area (Å²) in [5.74, 6) is 0.490. The Kier molecular flexibility index (Phi) is 3.78. The molecule has 0 aliphatic carbocycles. The minimum absolute atomic E-state index is 0.0545. The molecule has 0 aromatic carbocycles. The molecule has 2 N–H and O–H groups in total. The minimum atomic E-state index is 0.0545. The number of amides is 1. The van der Waals surface area contributed by atoms with Crippen molar-refractivity contribution < 1.29 is 9.90 Å². The number of hydrogen-bond acceptors (Lipinski definition) is 3. The molecule has 1 saturated heterocycles. The number of carbonyl (C=O) groups excluding carboxylic acids is 1. The first-order chi connectivity index (χ1) is 8.22. The van der Waals surface area contributed by atoms with E-state index in [0.717, 1.165) is 38.0 Å². The highest BCUT2D eigenvalue weighted by Crippen LogP contribution is 2.21. The summed E-state index contributed by atoms with van der Waals surface area (Å²) in [6.07, 6.45) is 4.50. The van der Waals surface area contributed by atoms with E-state index < -0.39 is 0 Å². The van der Waals surface area contributed by atoms with E-state index in [1.807, 2.05) is 11.8 Å². The smallest absolute Gasteiger partial charge is 0.257 e. The van der Waals surface area contributed by atoms with Gasteiger partial charge in [-0.2, -0.15) is 5.10 Å². The molecule has 1 aliphatic rings. The zero-order valence-corrected chi connectivity index (χ0v) is 10.1. The molecule has 2 heterocycles. The van der Waals surface area contributed by atoms with Crippen LogP contribution in [-0.2, 0) is 0 Å². The molecule has 0 bridgehead atoms. The predicted molar refractivity (Wildman–Crippen MR) is 63.7 cm³/mol. The van der Waals surface area contributed by atoms with Gasteiger partial charge in [-0.25, -0.2) is 0 Å². The van der Waals surface area contributed by atoms with Crippen molar-refractivity contribution in [2.45, 2.75) is 26.2 Å². The van der Waals surface area contributed by atoms with Gasteiger partial charge in [0, 0.05) is 25.4 Å². The van der Waals surface area contributed by atoms with Crippen molar-refractivity contribution in [3.63, 3.8) is 0 Å². The summed E-state index contributed by atoms with van der Waals surface area (Å²) in [7, 11) is 0. The van der Waals surface area contributed by atoms with Crippen LogP contribution in [0.2, 0.25) is 0 Å². The Morgan fingerprint density at radius 2 is 2.53 bits per heavy atom. The number of carbonyl (C=O) groups is 1. The molecule has 94 valence electrons. The number of H-pyrrole nitrogens is 1. The molecule has 5 nitrogen and oxygen atoms in total. The van der Waals surface area contributed by atoms with Crippen molar-refractivity contribution in [3.05, 3.63) is 17.5 Å². The number of piperidine rings is 1. The fraction of sp³-hybridized carbons (Fsp3) is 0.667. The van der Waals surface area contributed by atoms with Crippen LogP contribution in [0, 0.1) is 12.8 Å². The van der Waals surface area contributed by atoms with Crippen LogP contribution < -0.4 is 0 Å². The third-order valence-corrected chi connectivity index (χ3v) is 3.40. The maximum absolute atomic E-state index is 12.2. The number of likely N-dealkylation sites (tertiary alicyclic amines) is 1. The first kappa shape index (κ1) is 12.1. The number of rotatable bonds is 3. The zero-order valence-electron chi connectivity index (χ0n) is 10.1. The number of aromatic nitrogens is 2. The lowest BCUT2D eigenvalue weighted by molar-refractivity contribution is 0.0653. The largest absolute Gasteiger partial charge is 0.396 e. The quantitative estimate of drug-likeness (QED) is 0.822. The second-order valence-corrected chi connectivity index (χ2v) is 4.68. The summed E-state index contributed by atoms with van der Waals surface area (Å²) in [6, 6.07) is 0. The van der Waals surface area contributed by atoms with Crippen molar-refractivity contribution in [1.82, 2.24) is 15.1 Å². The van der Waals surface area contributed by atoms with Crippen LogP contribution in [0.5, 0.6) is 0 Å². The highest BCUT2D eigenvalue weighted by molar-refractivity contribution is 5.95. The van der Waals surface area contributed by atoms with Gasteiger partial charge in [0.15, 0.2) is 0 Å². The number of aliphatic hydroxyl groups is 1. The molecule has 1 fully saturated rings. The SMILES string of the molecule is Cc1[nH]ncc1C(=O)N1CCCC(CCO)C1. The standard InChI is InChI=1S/C12H19N3O2/c1-9-11(7-13-14-9)12(17)15-5-2-3-10(8-15)4-6-16/h7,10,16H,2-6,8H2,1H3,(H,13,14). The molecule has 0 spiro atoms. The van der Waals surface area contributed by atoms with E-state index in [0.29, 0.717) is 11.5 Å². The molecular weight excluding hydrogens is 218 g/mol. The monoisotopic (exact) mass is 237 g/mol. The molecule has 17 heavy (non-hydrogen) atoms. The topological polar surface area (TPSA) is 69.2 Å². The lowest BCUT2D eigenvalue weighted by Crippen LogP contribution is -2.40. The molecular formula is C12H19N3O2. The Morgan fingerprint density at radius 3 is 3.18 bits per heavy atom. The van der Waals surface area contributed by atoms with E-state index in [4.69, 9.17) is 5.11 Å². The molecule has 1 aliphatic heterocycles. The summed E-state index contributed by atoms with van der Waals surface area (Å²) >= 11 is 0. The number of aromatic amines is 1. The second kappa shape index (κ2) is 5.31. The first-order valence-electron chi connectivity index (χ1n) is 6.12. The molecule has 1 atom stereocenters.